The number of halogens is 1. The molecule has 1 atom stereocenters. The minimum atomic E-state index is -1.45. The van der Waals surface area contributed by atoms with E-state index in [2.05, 4.69) is 15.9 Å². The normalized spacial score (nSPS) is 11.1. The Morgan fingerprint density at radius 2 is 1.33 bits per heavy atom. The van der Waals surface area contributed by atoms with Crippen LogP contribution in [0.25, 0.3) is 0 Å². The van der Waals surface area contributed by atoms with Crippen molar-refractivity contribution in [3.8, 4) is 0 Å². The number of hydrogen-bond donors (Lipinski definition) is 0. The van der Waals surface area contributed by atoms with E-state index in [1.807, 2.05) is 54.6 Å². The average Bonchev–Trinajstić information content (AvgIpc) is 2.30. The van der Waals surface area contributed by atoms with Crippen molar-refractivity contribution in [1.82, 2.24) is 0 Å². The molecule has 0 saturated carbocycles. The van der Waals surface area contributed by atoms with E-state index in [0.29, 0.717) is 0 Å². The maximum absolute atomic E-state index is 12.1. The molecule has 0 aliphatic heterocycles. The summed E-state index contributed by atoms with van der Waals surface area (Å²) in [7, 11) is -1.45. The summed E-state index contributed by atoms with van der Waals surface area (Å²) in [5.41, 5.74) is 0. The van der Waals surface area contributed by atoms with Crippen molar-refractivity contribution in [1.29, 1.82) is 0 Å². The van der Waals surface area contributed by atoms with Crippen LogP contribution in [0.2, 0.25) is 0 Å². The first-order chi connectivity index (χ1) is 7.27. The zero-order chi connectivity index (χ0) is 10.7. The van der Waals surface area contributed by atoms with E-state index in [-0.39, 0.29) is 0 Å². The third-order valence-corrected chi connectivity index (χ3v) is 4.11. The summed E-state index contributed by atoms with van der Waals surface area (Å²) in [5, 5.41) is 1.73. The van der Waals surface area contributed by atoms with Crippen molar-refractivity contribution in [2.45, 2.75) is 0 Å². The van der Waals surface area contributed by atoms with Crippen LogP contribution in [0.4, 0.5) is 0 Å². The summed E-state index contributed by atoms with van der Waals surface area (Å²) in [5.74, 6) is 0. The van der Waals surface area contributed by atoms with Gasteiger partial charge in [0, 0.05) is 15.1 Å². The molecule has 15 heavy (non-hydrogen) atoms. The molecule has 2 rings (SSSR count). The van der Waals surface area contributed by atoms with Crippen molar-refractivity contribution >= 4 is 34.3 Å². The lowest BCUT2D eigenvalue weighted by atomic mass is 10.4. The fraction of sp³-hybridized carbons (Fsp3) is 0. The standard InChI is InChI=1S/C12H9BrOP/c13-10-6-8-12(9-7-10)15(14)11-4-2-1-3-5-11/h1-9H. The third-order valence-electron chi connectivity index (χ3n) is 2.05. The van der Waals surface area contributed by atoms with Gasteiger partial charge in [-0.25, -0.2) is 0 Å². The molecular weight excluding hydrogens is 271 g/mol. The van der Waals surface area contributed by atoms with Crippen LogP contribution >= 0.6 is 23.7 Å². The summed E-state index contributed by atoms with van der Waals surface area (Å²) < 4.78 is 13.1. The van der Waals surface area contributed by atoms with E-state index in [0.717, 1.165) is 15.1 Å². The molecule has 0 aromatic heterocycles. The Balaban J connectivity index is 2.33. The molecule has 0 aliphatic carbocycles. The minimum absolute atomic E-state index is 0.861. The second-order valence-electron chi connectivity index (χ2n) is 3.11. The lowest BCUT2D eigenvalue weighted by Gasteiger charge is -2.01. The van der Waals surface area contributed by atoms with Gasteiger partial charge in [0.15, 0.2) is 0 Å². The molecule has 0 N–H and O–H groups in total. The van der Waals surface area contributed by atoms with Gasteiger partial charge in [0.2, 0.25) is 0 Å². The highest BCUT2D eigenvalue weighted by atomic mass is 79.9. The minimum Gasteiger partial charge on any atom is -0.277 e. The first-order valence-corrected chi connectivity index (χ1v) is 6.60. The van der Waals surface area contributed by atoms with Gasteiger partial charge in [-0.2, -0.15) is 0 Å². The lowest BCUT2D eigenvalue weighted by Crippen LogP contribution is -2.05. The highest BCUT2D eigenvalue weighted by Crippen LogP contribution is 2.20. The van der Waals surface area contributed by atoms with Crippen LogP contribution in [0.3, 0.4) is 0 Å². The van der Waals surface area contributed by atoms with Crippen molar-refractivity contribution in [2.75, 3.05) is 0 Å². The van der Waals surface area contributed by atoms with Gasteiger partial charge in [-0.15, -0.1) is 0 Å². The van der Waals surface area contributed by atoms with E-state index in [1.54, 1.807) is 0 Å². The Morgan fingerprint density at radius 3 is 1.93 bits per heavy atom. The molecule has 0 amide bonds. The molecule has 0 fully saturated rings. The van der Waals surface area contributed by atoms with E-state index in [1.165, 1.54) is 0 Å². The molecule has 1 nitrogen and oxygen atoms in total. The third kappa shape index (κ3) is 2.53. The topological polar surface area (TPSA) is 17.1 Å². The van der Waals surface area contributed by atoms with Gasteiger partial charge >= 0.3 is 0 Å². The molecular formula is C12H9BrOP. The molecule has 0 aliphatic rings. The van der Waals surface area contributed by atoms with Crippen LogP contribution in [0.5, 0.6) is 0 Å². The van der Waals surface area contributed by atoms with Crippen molar-refractivity contribution in [2.24, 2.45) is 0 Å². The van der Waals surface area contributed by atoms with Crippen molar-refractivity contribution < 1.29 is 4.57 Å². The summed E-state index contributed by atoms with van der Waals surface area (Å²) >= 11 is 3.36. The highest BCUT2D eigenvalue weighted by molar-refractivity contribution is 9.10. The number of rotatable bonds is 2. The predicted molar refractivity (Wildman–Crippen MR) is 67.5 cm³/mol. The van der Waals surface area contributed by atoms with Gasteiger partial charge in [-0.3, -0.25) is 4.57 Å². The van der Waals surface area contributed by atoms with Crippen LogP contribution in [0.15, 0.2) is 59.1 Å². The van der Waals surface area contributed by atoms with Crippen LogP contribution in [0.1, 0.15) is 0 Å². The zero-order valence-electron chi connectivity index (χ0n) is 7.93. The van der Waals surface area contributed by atoms with Gasteiger partial charge in [-0.05, 0) is 36.4 Å². The van der Waals surface area contributed by atoms with Gasteiger partial charge in [0.25, 0.3) is 0 Å². The molecule has 0 bridgehead atoms. The van der Waals surface area contributed by atoms with Gasteiger partial charge < -0.3 is 0 Å². The number of benzene rings is 2. The monoisotopic (exact) mass is 279 g/mol. The molecule has 3 heteroatoms. The van der Waals surface area contributed by atoms with Gasteiger partial charge in [0.1, 0.15) is 7.80 Å². The Morgan fingerprint density at radius 1 is 0.800 bits per heavy atom. The fourth-order valence-corrected chi connectivity index (χ4v) is 2.71. The Hall–Kier alpha value is -0.980. The maximum atomic E-state index is 12.1. The Bertz CT molecular complexity index is 465. The fourth-order valence-electron chi connectivity index (χ4n) is 1.29. The van der Waals surface area contributed by atoms with Gasteiger partial charge in [-0.1, -0.05) is 34.1 Å². The lowest BCUT2D eigenvalue weighted by molar-refractivity contribution is 0.598. The quantitative estimate of drug-likeness (QED) is 0.772. The highest BCUT2D eigenvalue weighted by Gasteiger charge is 2.06. The summed E-state index contributed by atoms with van der Waals surface area (Å²) in [4.78, 5) is 0. The first-order valence-electron chi connectivity index (χ1n) is 4.55. The van der Waals surface area contributed by atoms with E-state index < -0.39 is 7.80 Å². The Kier molecular flexibility index (Phi) is 3.30. The Labute approximate surface area is 98.1 Å². The average molecular weight is 280 g/mol. The number of hydrogen-bond acceptors (Lipinski definition) is 1. The molecule has 1 unspecified atom stereocenters. The van der Waals surface area contributed by atoms with Crippen molar-refractivity contribution in [3.05, 3.63) is 59.1 Å². The first kappa shape index (κ1) is 10.5. The van der Waals surface area contributed by atoms with E-state index in [9.17, 15) is 4.57 Å². The smallest absolute Gasteiger partial charge is 0.136 e. The molecule has 2 aromatic carbocycles. The summed E-state index contributed by atoms with van der Waals surface area (Å²) in [6.07, 6.45) is 0. The van der Waals surface area contributed by atoms with E-state index in [4.69, 9.17) is 0 Å². The van der Waals surface area contributed by atoms with Crippen LogP contribution in [-0.2, 0) is 4.57 Å². The molecule has 75 valence electrons. The largest absolute Gasteiger partial charge is 0.277 e. The second kappa shape index (κ2) is 4.69. The SMILES string of the molecule is O=[P](c1ccccc1)c1ccc(Br)cc1. The second-order valence-corrected chi connectivity index (χ2v) is 5.64. The maximum Gasteiger partial charge on any atom is 0.136 e. The predicted octanol–water partition coefficient (Wildman–Crippen LogP) is 3.23. The van der Waals surface area contributed by atoms with Crippen LogP contribution in [-0.4, -0.2) is 0 Å². The molecule has 0 heterocycles. The molecule has 0 spiro atoms. The molecule has 0 saturated heterocycles. The molecule has 1 radical (unpaired) electrons. The molecule has 2 aromatic rings. The zero-order valence-corrected chi connectivity index (χ0v) is 10.4. The van der Waals surface area contributed by atoms with Crippen LogP contribution in [0, 0.1) is 0 Å². The summed E-state index contributed by atoms with van der Waals surface area (Å²) in [6.45, 7) is 0. The summed E-state index contributed by atoms with van der Waals surface area (Å²) in [6, 6.07) is 17.1. The van der Waals surface area contributed by atoms with Crippen molar-refractivity contribution in [3.63, 3.8) is 0 Å². The van der Waals surface area contributed by atoms with E-state index >= 15 is 0 Å². The van der Waals surface area contributed by atoms with Crippen LogP contribution < -0.4 is 10.6 Å². The van der Waals surface area contributed by atoms with Gasteiger partial charge in [0.05, 0.1) is 0 Å².